The average molecular weight is 382 g/mol. The highest BCUT2D eigenvalue weighted by Crippen LogP contribution is 2.26. The van der Waals surface area contributed by atoms with Gasteiger partial charge in [-0.25, -0.2) is 13.1 Å². The van der Waals surface area contributed by atoms with E-state index in [2.05, 4.69) is 4.72 Å². The zero-order chi connectivity index (χ0) is 18.6. The Morgan fingerprint density at radius 3 is 2.08 bits per heavy atom. The van der Waals surface area contributed by atoms with Crippen LogP contribution in [0.25, 0.3) is 0 Å². The maximum atomic E-state index is 12.6. The van der Waals surface area contributed by atoms with Gasteiger partial charge in [0, 0.05) is 18.0 Å². The normalized spacial score (nSPS) is 12.8. The predicted octanol–water partition coefficient (Wildman–Crippen LogP) is 3.94. The molecule has 25 heavy (non-hydrogen) atoms. The molecular formula is C18H20ClNO4S. The fourth-order valence-electron chi connectivity index (χ4n) is 2.35. The first kappa shape index (κ1) is 19.4. The largest absolute Gasteiger partial charge is 0.427 e. The van der Waals surface area contributed by atoms with Crippen molar-refractivity contribution in [2.45, 2.75) is 31.7 Å². The van der Waals surface area contributed by atoms with Gasteiger partial charge < -0.3 is 4.74 Å². The molecule has 134 valence electrons. The van der Waals surface area contributed by atoms with Crippen molar-refractivity contribution < 1.29 is 17.9 Å². The van der Waals surface area contributed by atoms with E-state index in [4.69, 9.17) is 16.3 Å². The van der Waals surface area contributed by atoms with E-state index in [1.165, 1.54) is 31.2 Å². The molecule has 0 spiro atoms. The molecule has 0 saturated heterocycles. The van der Waals surface area contributed by atoms with E-state index in [0.717, 1.165) is 5.56 Å². The molecule has 0 heterocycles. The second-order valence-corrected chi connectivity index (χ2v) is 8.11. The Morgan fingerprint density at radius 1 is 1.04 bits per heavy atom. The van der Waals surface area contributed by atoms with Gasteiger partial charge >= 0.3 is 5.97 Å². The summed E-state index contributed by atoms with van der Waals surface area (Å²) in [5.41, 5.74) is 0.781. The third kappa shape index (κ3) is 5.29. The van der Waals surface area contributed by atoms with Crippen LogP contribution in [0.3, 0.4) is 0 Å². The number of carbonyl (C=O) groups excluding carboxylic acids is 1. The van der Waals surface area contributed by atoms with Gasteiger partial charge in [0.05, 0.1) is 4.90 Å². The summed E-state index contributed by atoms with van der Waals surface area (Å²) in [6.07, 6.45) is 0. The van der Waals surface area contributed by atoms with Crippen LogP contribution in [0.1, 0.15) is 32.4 Å². The van der Waals surface area contributed by atoms with E-state index in [1.807, 2.05) is 13.8 Å². The van der Waals surface area contributed by atoms with Crippen LogP contribution >= 0.6 is 11.6 Å². The van der Waals surface area contributed by atoms with E-state index >= 15 is 0 Å². The third-order valence-electron chi connectivity index (χ3n) is 3.57. The lowest BCUT2D eigenvalue weighted by molar-refractivity contribution is -0.131. The van der Waals surface area contributed by atoms with Gasteiger partial charge in [-0.05, 0) is 47.9 Å². The molecule has 0 aliphatic rings. The lowest BCUT2D eigenvalue weighted by Crippen LogP contribution is -2.31. The van der Waals surface area contributed by atoms with Gasteiger partial charge in [-0.1, -0.05) is 37.6 Å². The molecule has 0 aliphatic heterocycles. The summed E-state index contributed by atoms with van der Waals surface area (Å²) in [5.74, 6) is 0.0255. The van der Waals surface area contributed by atoms with Crippen LogP contribution < -0.4 is 9.46 Å². The molecule has 2 rings (SSSR count). The molecule has 1 N–H and O–H groups in total. The lowest BCUT2D eigenvalue weighted by Gasteiger charge is -2.23. The summed E-state index contributed by atoms with van der Waals surface area (Å²) in [7, 11) is -3.69. The summed E-state index contributed by atoms with van der Waals surface area (Å²) in [6, 6.07) is 12.3. The van der Waals surface area contributed by atoms with Gasteiger partial charge in [-0.2, -0.15) is 0 Å². The Bertz CT molecular complexity index is 830. The molecule has 2 aromatic carbocycles. The number of hydrogen-bond donors (Lipinski definition) is 1. The number of halogens is 1. The molecule has 0 fully saturated rings. The van der Waals surface area contributed by atoms with Crippen LogP contribution in [0.15, 0.2) is 53.4 Å². The maximum Gasteiger partial charge on any atom is 0.308 e. The first-order chi connectivity index (χ1) is 11.7. The van der Waals surface area contributed by atoms with E-state index in [1.54, 1.807) is 24.3 Å². The highest BCUT2D eigenvalue weighted by molar-refractivity contribution is 7.89. The first-order valence-corrected chi connectivity index (χ1v) is 9.61. The van der Waals surface area contributed by atoms with Gasteiger partial charge in [0.1, 0.15) is 5.75 Å². The number of rotatable bonds is 6. The second-order valence-electron chi connectivity index (χ2n) is 5.96. The van der Waals surface area contributed by atoms with Crippen molar-refractivity contribution in [2.24, 2.45) is 5.92 Å². The van der Waals surface area contributed by atoms with Crippen LogP contribution in [0, 0.1) is 5.92 Å². The number of carbonyl (C=O) groups is 1. The number of nitrogens with one attached hydrogen (secondary N) is 1. The van der Waals surface area contributed by atoms with Crippen molar-refractivity contribution in [2.75, 3.05) is 0 Å². The minimum absolute atomic E-state index is 0.0154. The molecule has 0 bridgehead atoms. The Balaban J connectivity index is 2.26. The van der Waals surface area contributed by atoms with Crippen LogP contribution in [0.2, 0.25) is 5.02 Å². The zero-order valence-corrected chi connectivity index (χ0v) is 15.8. The SMILES string of the molecule is CC(=O)Oc1ccc(C(NS(=O)(=O)c2ccc(Cl)cc2)C(C)C)cc1. The number of benzene rings is 2. The van der Waals surface area contributed by atoms with Crippen LogP contribution in [0.4, 0.5) is 0 Å². The van der Waals surface area contributed by atoms with Gasteiger partial charge in [0.25, 0.3) is 0 Å². The lowest BCUT2D eigenvalue weighted by atomic mass is 9.97. The van der Waals surface area contributed by atoms with Crippen molar-refractivity contribution in [1.82, 2.24) is 4.72 Å². The Kier molecular flexibility index (Phi) is 6.21. The van der Waals surface area contributed by atoms with E-state index in [0.29, 0.717) is 10.8 Å². The summed E-state index contributed by atoms with van der Waals surface area (Å²) < 4.78 is 33.0. The van der Waals surface area contributed by atoms with E-state index in [9.17, 15) is 13.2 Å². The molecule has 1 unspecified atom stereocenters. The number of esters is 1. The fraction of sp³-hybridized carbons (Fsp3) is 0.278. The van der Waals surface area contributed by atoms with Crippen LogP contribution in [-0.2, 0) is 14.8 Å². The van der Waals surface area contributed by atoms with Crippen molar-refractivity contribution in [3.8, 4) is 5.75 Å². The Hall–Kier alpha value is -1.89. The molecule has 5 nitrogen and oxygen atoms in total. The van der Waals surface area contributed by atoms with E-state index in [-0.39, 0.29) is 10.8 Å². The summed E-state index contributed by atoms with van der Waals surface area (Å²) in [6.45, 7) is 5.18. The smallest absolute Gasteiger partial charge is 0.308 e. The predicted molar refractivity (Wildman–Crippen MR) is 97.1 cm³/mol. The summed E-state index contributed by atoms with van der Waals surface area (Å²) in [4.78, 5) is 11.1. The third-order valence-corrected chi connectivity index (χ3v) is 5.28. The number of hydrogen-bond acceptors (Lipinski definition) is 4. The zero-order valence-electron chi connectivity index (χ0n) is 14.2. The minimum Gasteiger partial charge on any atom is -0.427 e. The molecule has 0 saturated carbocycles. The Labute approximate surface area is 153 Å². The molecule has 7 heteroatoms. The second kappa shape index (κ2) is 7.99. The Morgan fingerprint density at radius 2 is 1.60 bits per heavy atom. The molecule has 0 aliphatic carbocycles. The quantitative estimate of drug-likeness (QED) is 0.607. The van der Waals surface area contributed by atoms with E-state index < -0.39 is 22.0 Å². The number of ether oxygens (including phenoxy) is 1. The molecular weight excluding hydrogens is 362 g/mol. The standard InChI is InChI=1S/C18H20ClNO4S/c1-12(2)18(14-4-8-16(9-5-14)24-13(3)21)20-25(22,23)17-10-6-15(19)7-11-17/h4-12,18,20H,1-3H3. The summed E-state index contributed by atoms with van der Waals surface area (Å²) >= 11 is 5.81. The minimum atomic E-state index is -3.69. The monoisotopic (exact) mass is 381 g/mol. The molecule has 2 aromatic rings. The van der Waals surface area contributed by atoms with Crippen molar-refractivity contribution >= 4 is 27.6 Å². The topological polar surface area (TPSA) is 72.5 Å². The van der Waals surface area contributed by atoms with Crippen LogP contribution in [-0.4, -0.2) is 14.4 Å². The molecule has 0 amide bonds. The maximum absolute atomic E-state index is 12.6. The van der Waals surface area contributed by atoms with Gasteiger partial charge in [0.15, 0.2) is 0 Å². The van der Waals surface area contributed by atoms with Gasteiger partial charge in [-0.15, -0.1) is 0 Å². The highest BCUT2D eigenvalue weighted by atomic mass is 35.5. The fourth-order valence-corrected chi connectivity index (χ4v) is 3.85. The molecule has 0 aromatic heterocycles. The van der Waals surface area contributed by atoms with Crippen LogP contribution in [0.5, 0.6) is 5.75 Å². The van der Waals surface area contributed by atoms with Gasteiger partial charge in [0.2, 0.25) is 10.0 Å². The average Bonchev–Trinajstić information content (AvgIpc) is 2.53. The molecule has 1 atom stereocenters. The molecule has 0 radical (unpaired) electrons. The van der Waals surface area contributed by atoms with Crippen molar-refractivity contribution in [3.63, 3.8) is 0 Å². The first-order valence-electron chi connectivity index (χ1n) is 7.75. The van der Waals surface area contributed by atoms with Gasteiger partial charge in [-0.3, -0.25) is 4.79 Å². The number of sulfonamides is 1. The van der Waals surface area contributed by atoms with Crippen molar-refractivity contribution in [3.05, 3.63) is 59.1 Å². The van der Waals surface area contributed by atoms with Crippen molar-refractivity contribution in [1.29, 1.82) is 0 Å². The summed E-state index contributed by atoms with van der Waals surface area (Å²) in [5, 5.41) is 0.473. The highest BCUT2D eigenvalue weighted by Gasteiger charge is 2.24.